The molecule has 2 saturated heterocycles. The van der Waals surface area contributed by atoms with Gasteiger partial charge in [0.05, 0.1) is 12.3 Å². The molecule has 2 heterocycles. The summed E-state index contributed by atoms with van der Waals surface area (Å²) in [5, 5.41) is 3.08. The summed E-state index contributed by atoms with van der Waals surface area (Å²) in [4.78, 5) is 28.5. The van der Waals surface area contributed by atoms with Crippen LogP contribution >= 0.6 is 11.8 Å². The number of hydrogen-bond donors (Lipinski definition) is 1. The summed E-state index contributed by atoms with van der Waals surface area (Å²) in [6, 6.07) is 7.22. The van der Waals surface area contributed by atoms with Crippen molar-refractivity contribution >= 4 is 34.5 Å². The highest BCUT2D eigenvalue weighted by molar-refractivity contribution is 8.17. The van der Waals surface area contributed by atoms with Gasteiger partial charge in [0.2, 0.25) is 4.75 Å². The maximum absolute atomic E-state index is 12.2. The van der Waals surface area contributed by atoms with Crippen LogP contribution in [0.3, 0.4) is 0 Å². The molecule has 0 aliphatic carbocycles. The van der Waals surface area contributed by atoms with Gasteiger partial charge >= 0.3 is 5.97 Å². The Kier molecular flexibility index (Phi) is 3.82. The Morgan fingerprint density at radius 3 is 2.73 bits per heavy atom. The van der Waals surface area contributed by atoms with Crippen LogP contribution in [-0.4, -0.2) is 34.5 Å². The monoisotopic (exact) mass is 320 g/mol. The fourth-order valence-electron chi connectivity index (χ4n) is 2.46. The van der Waals surface area contributed by atoms with E-state index in [0.29, 0.717) is 23.9 Å². The SMILES string of the molecule is CCOc1ccc(N=C2NC(=O)[C@]3(C[C@H](C)OC3=O)S2)cc1. The van der Waals surface area contributed by atoms with Crippen LogP contribution in [0.25, 0.3) is 0 Å². The Balaban J connectivity index is 1.79. The van der Waals surface area contributed by atoms with E-state index in [1.165, 1.54) is 0 Å². The van der Waals surface area contributed by atoms with Crippen molar-refractivity contribution in [1.29, 1.82) is 0 Å². The first-order valence-corrected chi connectivity index (χ1v) is 7.88. The molecule has 7 heteroatoms. The van der Waals surface area contributed by atoms with E-state index < -0.39 is 10.7 Å². The molecular weight excluding hydrogens is 304 g/mol. The highest BCUT2D eigenvalue weighted by Gasteiger charge is 2.59. The molecule has 1 N–H and O–H groups in total. The zero-order valence-corrected chi connectivity index (χ0v) is 13.1. The van der Waals surface area contributed by atoms with E-state index >= 15 is 0 Å². The lowest BCUT2D eigenvalue weighted by atomic mass is 10.0. The first-order chi connectivity index (χ1) is 10.5. The fourth-order valence-corrected chi connectivity index (χ4v) is 3.68. The van der Waals surface area contributed by atoms with Crippen molar-refractivity contribution < 1.29 is 19.1 Å². The van der Waals surface area contributed by atoms with Crippen molar-refractivity contribution in [3.05, 3.63) is 24.3 Å². The zero-order chi connectivity index (χ0) is 15.7. The molecule has 1 aromatic rings. The molecule has 1 spiro atoms. The Bertz CT molecular complexity index is 643. The topological polar surface area (TPSA) is 77.0 Å². The number of nitrogens with one attached hydrogen (secondary N) is 1. The predicted molar refractivity (Wildman–Crippen MR) is 83.3 cm³/mol. The van der Waals surface area contributed by atoms with Crippen molar-refractivity contribution in [3.8, 4) is 5.75 Å². The van der Waals surface area contributed by atoms with E-state index in [0.717, 1.165) is 17.5 Å². The third kappa shape index (κ3) is 2.56. The van der Waals surface area contributed by atoms with Crippen molar-refractivity contribution in [2.45, 2.75) is 31.1 Å². The van der Waals surface area contributed by atoms with Crippen molar-refractivity contribution in [3.63, 3.8) is 0 Å². The van der Waals surface area contributed by atoms with E-state index in [-0.39, 0.29) is 12.0 Å². The molecule has 1 amide bonds. The Morgan fingerprint density at radius 1 is 1.41 bits per heavy atom. The number of amidine groups is 1. The van der Waals surface area contributed by atoms with Crippen LogP contribution in [-0.2, 0) is 14.3 Å². The Hall–Kier alpha value is -2.02. The molecule has 0 radical (unpaired) electrons. The van der Waals surface area contributed by atoms with Crippen LogP contribution in [0.1, 0.15) is 20.3 Å². The Morgan fingerprint density at radius 2 is 2.14 bits per heavy atom. The Labute approximate surface area is 132 Å². The van der Waals surface area contributed by atoms with Crippen LogP contribution in [0.2, 0.25) is 0 Å². The van der Waals surface area contributed by atoms with Gasteiger partial charge in [-0.2, -0.15) is 0 Å². The van der Waals surface area contributed by atoms with Gasteiger partial charge in [-0.15, -0.1) is 0 Å². The number of hydrogen-bond acceptors (Lipinski definition) is 6. The van der Waals surface area contributed by atoms with Crippen molar-refractivity contribution in [1.82, 2.24) is 5.32 Å². The summed E-state index contributed by atoms with van der Waals surface area (Å²) in [6.07, 6.45) is 0.112. The molecule has 116 valence electrons. The summed E-state index contributed by atoms with van der Waals surface area (Å²) in [7, 11) is 0. The normalized spacial score (nSPS) is 29.0. The summed E-state index contributed by atoms with van der Waals surface area (Å²) in [6.45, 7) is 4.30. The van der Waals surface area contributed by atoms with E-state index in [2.05, 4.69) is 10.3 Å². The van der Waals surface area contributed by atoms with E-state index in [9.17, 15) is 9.59 Å². The number of esters is 1. The first-order valence-electron chi connectivity index (χ1n) is 7.06. The van der Waals surface area contributed by atoms with Gasteiger partial charge in [-0.05, 0) is 38.1 Å². The summed E-state index contributed by atoms with van der Waals surface area (Å²) < 4.78 is 9.31. The number of cyclic esters (lactones) is 1. The number of aliphatic imine (C=N–C) groups is 1. The molecule has 3 rings (SSSR count). The van der Waals surface area contributed by atoms with E-state index in [1.54, 1.807) is 19.1 Å². The highest BCUT2D eigenvalue weighted by Crippen LogP contribution is 2.42. The minimum atomic E-state index is -1.18. The van der Waals surface area contributed by atoms with Crippen molar-refractivity contribution in [2.75, 3.05) is 6.61 Å². The predicted octanol–water partition coefficient (Wildman–Crippen LogP) is 2.01. The lowest BCUT2D eigenvalue weighted by Gasteiger charge is -2.10. The molecule has 2 aliphatic rings. The van der Waals surface area contributed by atoms with Gasteiger partial charge in [-0.25, -0.2) is 9.79 Å². The van der Waals surface area contributed by atoms with Crippen molar-refractivity contribution in [2.24, 2.45) is 4.99 Å². The lowest BCUT2D eigenvalue weighted by molar-refractivity contribution is -0.144. The van der Waals surface area contributed by atoms with Crippen LogP contribution in [0.15, 0.2) is 29.3 Å². The molecule has 6 nitrogen and oxygen atoms in total. The summed E-state index contributed by atoms with van der Waals surface area (Å²) >= 11 is 1.13. The smallest absolute Gasteiger partial charge is 0.332 e. The molecule has 2 fully saturated rings. The molecule has 0 unspecified atom stereocenters. The third-order valence-electron chi connectivity index (χ3n) is 3.45. The third-order valence-corrected chi connectivity index (χ3v) is 4.70. The minimum Gasteiger partial charge on any atom is -0.494 e. The molecule has 0 saturated carbocycles. The molecule has 2 atom stereocenters. The molecular formula is C15H16N2O4S. The number of benzene rings is 1. The number of carbonyl (C=O) groups is 2. The maximum atomic E-state index is 12.2. The van der Waals surface area contributed by atoms with Crippen LogP contribution in [0.4, 0.5) is 5.69 Å². The molecule has 2 aliphatic heterocycles. The van der Waals surface area contributed by atoms with Gasteiger partial charge in [-0.3, -0.25) is 4.79 Å². The zero-order valence-electron chi connectivity index (χ0n) is 12.3. The quantitative estimate of drug-likeness (QED) is 0.681. The molecule has 1 aromatic carbocycles. The van der Waals surface area contributed by atoms with Gasteiger partial charge < -0.3 is 14.8 Å². The second kappa shape index (κ2) is 5.64. The van der Waals surface area contributed by atoms with Gasteiger partial charge in [-0.1, -0.05) is 11.8 Å². The molecule has 22 heavy (non-hydrogen) atoms. The number of amides is 1. The van der Waals surface area contributed by atoms with Gasteiger partial charge in [0.1, 0.15) is 11.9 Å². The number of nitrogens with zero attached hydrogens (tertiary/aromatic N) is 1. The number of ether oxygens (including phenoxy) is 2. The second-order valence-electron chi connectivity index (χ2n) is 5.15. The summed E-state index contributed by atoms with van der Waals surface area (Å²) in [5.74, 6) is -0.0739. The fraction of sp³-hybridized carbons (Fsp3) is 0.400. The number of carbonyl (C=O) groups excluding carboxylic acids is 2. The largest absolute Gasteiger partial charge is 0.494 e. The van der Waals surface area contributed by atoms with E-state index in [1.807, 2.05) is 19.1 Å². The van der Waals surface area contributed by atoms with Crippen LogP contribution in [0.5, 0.6) is 5.75 Å². The average molecular weight is 320 g/mol. The van der Waals surface area contributed by atoms with Crippen LogP contribution < -0.4 is 10.1 Å². The molecule has 0 aromatic heterocycles. The van der Waals surface area contributed by atoms with Gasteiger partial charge in [0, 0.05) is 6.42 Å². The van der Waals surface area contributed by atoms with Gasteiger partial charge in [0.15, 0.2) is 5.17 Å². The lowest BCUT2D eigenvalue weighted by Crippen LogP contribution is -2.40. The number of rotatable bonds is 3. The number of thioether (sulfide) groups is 1. The second-order valence-corrected chi connectivity index (χ2v) is 6.43. The molecule has 0 bridgehead atoms. The summed E-state index contributed by atoms with van der Waals surface area (Å²) in [5.41, 5.74) is 0.683. The average Bonchev–Trinajstić information content (AvgIpc) is 2.93. The van der Waals surface area contributed by atoms with E-state index in [4.69, 9.17) is 9.47 Å². The minimum absolute atomic E-state index is 0.254. The van der Waals surface area contributed by atoms with Gasteiger partial charge in [0.25, 0.3) is 5.91 Å². The standard InChI is InChI=1S/C15H16N2O4S/c1-3-20-11-6-4-10(5-7-11)16-14-17-12(18)15(22-14)8-9(2)21-13(15)19/h4-7,9H,3,8H2,1-2H3,(H,16,17,18)/t9-,15-/m0/s1. The highest BCUT2D eigenvalue weighted by atomic mass is 32.2. The maximum Gasteiger partial charge on any atom is 0.332 e. The first kappa shape index (κ1) is 14.9. The van der Waals surface area contributed by atoms with Crippen LogP contribution in [0, 0.1) is 0 Å².